The lowest BCUT2D eigenvalue weighted by molar-refractivity contribution is -0.167. The van der Waals surface area contributed by atoms with Gasteiger partial charge < -0.3 is 9.47 Å². The molecule has 0 bridgehead atoms. The van der Waals surface area contributed by atoms with Crippen LogP contribution in [0.1, 0.15) is 130 Å². The first-order valence-corrected chi connectivity index (χ1v) is 15.3. The molecule has 0 heterocycles. The molecule has 0 aliphatic heterocycles. The predicted octanol–water partition coefficient (Wildman–Crippen LogP) is 8.12. The molecule has 3 unspecified atom stereocenters. The summed E-state index contributed by atoms with van der Waals surface area (Å²) < 4.78 is 11.7. The second-order valence-corrected chi connectivity index (χ2v) is 12.4. The van der Waals surface area contributed by atoms with Crippen molar-refractivity contribution in [3.8, 4) is 0 Å². The van der Waals surface area contributed by atoms with Crippen LogP contribution in [-0.4, -0.2) is 25.2 Å². The Morgan fingerprint density at radius 2 is 1.09 bits per heavy atom. The highest BCUT2D eigenvalue weighted by Gasteiger charge is 2.42. The van der Waals surface area contributed by atoms with E-state index in [1.807, 2.05) is 0 Å². The van der Waals surface area contributed by atoms with Crippen LogP contribution in [0.3, 0.4) is 0 Å². The lowest BCUT2D eigenvalue weighted by Crippen LogP contribution is -2.40. The molecular weight excluding hydrogens is 436 g/mol. The van der Waals surface area contributed by atoms with E-state index >= 15 is 0 Å². The largest absolute Gasteiger partial charge is 0.465 e. The van der Waals surface area contributed by atoms with Gasteiger partial charge in [0.2, 0.25) is 0 Å². The van der Waals surface area contributed by atoms with E-state index in [-0.39, 0.29) is 29.7 Å². The third-order valence-corrected chi connectivity index (χ3v) is 9.58. The van der Waals surface area contributed by atoms with Crippen molar-refractivity contribution in [1.29, 1.82) is 0 Å². The zero-order chi connectivity index (χ0) is 25.0. The molecule has 0 aromatic rings. The summed E-state index contributed by atoms with van der Waals surface area (Å²) >= 11 is 0. The average molecular weight is 491 g/mol. The highest BCUT2D eigenvalue weighted by Crippen LogP contribution is 2.38. The summed E-state index contributed by atoms with van der Waals surface area (Å²) in [7, 11) is 0. The number of esters is 2. The van der Waals surface area contributed by atoms with Gasteiger partial charge in [-0.05, 0) is 68.1 Å². The van der Waals surface area contributed by atoms with Crippen molar-refractivity contribution in [3.63, 3.8) is 0 Å². The van der Waals surface area contributed by atoms with Gasteiger partial charge in [0, 0.05) is 0 Å². The standard InChI is InChI=1S/C31H54O4/c1-4-6-10-24-13-17-26(18-14-24)21-34-30(32)28-12-8-9-23(3)29(28)31(33)35-22-27-19-15-25(16-20-27)11-7-5-2/h23-29H,4-22H2,1-3H3. The van der Waals surface area contributed by atoms with E-state index in [2.05, 4.69) is 20.8 Å². The van der Waals surface area contributed by atoms with E-state index in [0.29, 0.717) is 25.0 Å². The molecule has 0 aromatic carbocycles. The third-order valence-electron chi connectivity index (χ3n) is 9.58. The van der Waals surface area contributed by atoms with Crippen molar-refractivity contribution in [2.45, 2.75) is 130 Å². The van der Waals surface area contributed by atoms with E-state index in [9.17, 15) is 9.59 Å². The van der Waals surface area contributed by atoms with Gasteiger partial charge in [0.15, 0.2) is 0 Å². The molecule has 3 aliphatic rings. The fourth-order valence-electron chi connectivity index (χ4n) is 7.04. The van der Waals surface area contributed by atoms with Crippen molar-refractivity contribution >= 4 is 11.9 Å². The zero-order valence-electron chi connectivity index (χ0n) is 23.1. The number of hydrogen-bond donors (Lipinski definition) is 0. The molecule has 4 nitrogen and oxygen atoms in total. The van der Waals surface area contributed by atoms with Crippen LogP contribution in [0.5, 0.6) is 0 Å². The summed E-state index contributed by atoms with van der Waals surface area (Å²) in [5.41, 5.74) is 0. The molecule has 0 N–H and O–H groups in total. The van der Waals surface area contributed by atoms with Crippen LogP contribution in [0.15, 0.2) is 0 Å². The molecule has 3 aliphatic carbocycles. The van der Waals surface area contributed by atoms with Gasteiger partial charge in [-0.3, -0.25) is 9.59 Å². The number of ether oxygens (including phenoxy) is 2. The Kier molecular flexibility index (Phi) is 12.4. The Labute approximate surface area is 215 Å². The van der Waals surface area contributed by atoms with Gasteiger partial charge in [-0.2, -0.15) is 0 Å². The van der Waals surface area contributed by atoms with Crippen molar-refractivity contribution in [3.05, 3.63) is 0 Å². The summed E-state index contributed by atoms with van der Waals surface area (Å²) in [6.45, 7) is 7.71. The first-order chi connectivity index (χ1) is 17.0. The van der Waals surface area contributed by atoms with E-state index in [4.69, 9.17) is 9.47 Å². The maximum Gasteiger partial charge on any atom is 0.310 e. The van der Waals surface area contributed by atoms with E-state index < -0.39 is 0 Å². The number of carbonyl (C=O) groups is 2. The second kappa shape index (κ2) is 15.3. The van der Waals surface area contributed by atoms with Crippen LogP contribution in [0.2, 0.25) is 0 Å². The van der Waals surface area contributed by atoms with E-state index in [0.717, 1.165) is 31.1 Å². The summed E-state index contributed by atoms with van der Waals surface area (Å²) in [6, 6.07) is 0. The molecule has 0 saturated heterocycles. The quantitative estimate of drug-likeness (QED) is 0.259. The first kappa shape index (κ1) is 28.5. The van der Waals surface area contributed by atoms with Crippen LogP contribution >= 0.6 is 0 Å². The molecular formula is C31H54O4. The van der Waals surface area contributed by atoms with Crippen molar-refractivity contribution < 1.29 is 19.1 Å². The fraction of sp³-hybridized carbons (Fsp3) is 0.935. The number of hydrogen-bond acceptors (Lipinski definition) is 4. The van der Waals surface area contributed by atoms with Gasteiger partial charge >= 0.3 is 11.9 Å². The van der Waals surface area contributed by atoms with E-state index in [1.54, 1.807) is 0 Å². The van der Waals surface area contributed by atoms with Crippen molar-refractivity contribution in [1.82, 2.24) is 0 Å². The van der Waals surface area contributed by atoms with Gasteiger partial charge in [0.25, 0.3) is 0 Å². The Morgan fingerprint density at radius 1 is 0.629 bits per heavy atom. The average Bonchev–Trinajstić information content (AvgIpc) is 2.89. The van der Waals surface area contributed by atoms with Crippen LogP contribution in [-0.2, 0) is 19.1 Å². The summed E-state index contributed by atoms with van der Waals surface area (Å²) in [5, 5.41) is 0. The monoisotopic (exact) mass is 490 g/mol. The highest BCUT2D eigenvalue weighted by atomic mass is 16.5. The summed E-state index contributed by atoms with van der Waals surface area (Å²) in [5.74, 6) is 1.96. The van der Waals surface area contributed by atoms with Gasteiger partial charge in [-0.25, -0.2) is 0 Å². The SMILES string of the molecule is CCCCC1CCC(COC(=O)C2CCCC(C)C2C(=O)OCC2CCC(CCCC)CC2)CC1. The molecule has 0 amide bonds. The highest BCUT2D eigenvalue weighted by molar-refractivity contribution is 5.82. The van der Waals surface area contributed by atoms with E-state index in [1.165, 1.54) is 89.9 Å². The first-order valence-electron chi connectivity index (χ1n) is 15.3. The topological polar surface area (TPSA) is 52.6 Å². The molecule has 202 valence electrons. The molecule has 4 heteroatoms. The second-order valence-electron chi connectivity index (χ2n) is 12.4. The van der Waals surface area contributed by atoms with Crippen LogP contribution in [0.4, 0.5) is 0 Å². The minimum absolute atomic E-state index is 0.149. The fourth-order valence-corrected chi connectivity index (χ4v) is 7.04. The lowest BCUT2D eigenvalue weighted by Gasteiger charge is -2.35. The van der Waals surface area contributed by atoms with Gasteiger partial charge in [-0.15, -0.1) is 0 Å². The number of unbranched alkanes of at least 4 members (excludes halogenated alkanes) is 2. The van der Waals surface area contributed by atoms with Gasteiger partial charge in [0.1, 0.15) is 0 Å². The lowest BCUT2D eigenvalue weighted by atomic mass is 9.72. The maximum atomic E-state index is 13.2. The van der Waals surface area contributed by atoms with Crippen LogP contribution in [0.25, 0.3) is 0 Å². The molecule has 3 fully saturated rings. The maximum absolute atomic E-state index is 13.2. The van der Waals surface area contributed by atoms with Gasteiger partial charge in [0.05, 0.1) is 25.0 Å². The Hall–Kier alpha value is -1.06. The molecule has 3 rings (SSSR count). The minimum Gasteiger partial charge on any atom is -0.465 e. The number of carbonyl (C=O) groups excluding carboxylic acids is 2. The summed E-state index contributed by atoms with van der Waals surface area (Å²) in [4.78, 5) is 26.3. The molecule has 35 heavy (non-hydrogen) atoms. The molecule has 0 aromatic heterocycles. The predicted molar refractivity (Wildman–Crippen MR) is 142 cm³/mol. The minimum atomic E-state index is -0.332. The smallest absolute Gasteiger partial charge is 0.310 e. The Morgan fingerprint density at radius 3 is 1.57 bits per heavy atom. The molecule has 3 atom stereocenters. The van der Waals surface area contributed by atoms with Crippen molar-refractivity contribution in [2.75, 3.05) is 13.2 Å². The number of rotatable bonds is 12. The molecule has 0 radical (unpaired) electrons. The van der Waals surface area contributed by atoms with Crippen molar-refractivity contribution in [2.24, 2.45) is 41.4 Å². The summed E-state index contributed by atoms with van der Waals surface area (Å²) in [6.07, 6.45) is 20.5. The Bertz CT molecular complexity index is 615. The third kappa shape index (κ3) is 9.08. The van der Waals surface area contributed by atoms with Crippen LogP contribution in [0, 0.1) is 41.4 Å². The Balaban J connectivity index is 1.41. The normalized spacial score (nSPS) is 33.7. The van der Waals surface area contributed by atoms with Gasteiger partial charge in [-0.1, -0.05) is 91.4 Å². The molecule has 0 spiro atoms. The molecule has 3 saturated carbocycles. The zero-order valence-corrected chi connectivity index (χ0v) is 23.1. The van der Waals surface area contributed by atoms with Crippen LogP contribution < -0.4 is 0 Å².